The minimum Gasteiger partial charge on any atom is -0.366 e. The molecule has 1 saturated heterocycles. The molecule has 0 amide bonds. The van der Waals surface area contributed by atoms with Gasteiger partial charge in [-0.25, -0.2) is 9.38 Å². The summed E-state index contributed by atoms with van der Waals surface area (Å²) in [5, 5.41) is 11.8. The molecule has 2 aromatic carbocycles. The van der Waals surface area contributed by atoms with Crippen molar-refractivity contribution in [3.05, 3.63) is 72.0 Å². The molecule has 0 unspecified atom stereocenters. The third-order valence-corrected chi connectivity index (χ3v) is 7.44. The van der Waals surface area contributed by atoms with Gasteiger partial charge in [-0.05, 0) is 73.6 Å². The molecule has 1 aliphatic rings. The quantitative estimate of drug-likeness (QED) is 0.346. The fraction of sp³-hybridized carbons (Fsp3) is 0.333. The van der Waals surface area contributed by atoms with Crippen molar-refractivity contribution in [2.24, 2.45) is 5.92 Å². The number of piperidine rings is 1. The Hall–Kier alpha value is -3.26. The van der Waals surface area contributed by atoms with E-state index < -0.39 is 0 Å². The first-order valence-electron chi connectivity index (χ1n) is 10.8. The molecule has 164 valence electrons. The van der Waals surface area contributed by atoms with Crippen molar-refractivity contribution in [2.45, 2.75) is 33.6 Å². The van der Waals surface area contributed by atoms with Crippen molar-refractivity contribution in [2.75, 3.05) is 18.0 Å². The maximum Gasteiger partial charge on any atom is 0.293 e. The number of anilines is 1. The second-order valence-electron chi connectivity index (χ2n) is 8.75. The lowest BCUT2D eigenvalue weighted by atomic mass is 9.98. The predicted octanol–water partition coefficient (Wildman–Crippen LogP) is 4.22. The van der Waals surface area contributed by atoms with Gasteiger partial charge < -0.3 is 4.90 Å². The average molecular weight is 449 g/mol. The zero-order valence-electron chi connectivity index (χ0n) is 18.3. The van der Waals surface area contributed by atoms with Crippen molar-refractivity contribution in [1.82, 2.24) is 9.38 Å². The van der Waals surface area contributed by atoms with E-state index in [0.29, 0.717) is 26.7 Å². The van der Waals surface area contributed by atoms with Gasteiger partial charge in [0.25, 0.3) is 11.2 Å². The zero-order valence-corrected chi connectivity index (χ0v) is 19.1. The first-order chi connectivity index (χ1) is 15.3. The van der Waals surface area contributed by atoms with Crippen molar-refractivity contribution >= 4 is 44.8 Å². The van der Waals surface area contributed by atoms with Crippen molar-refractivity contribution in [3.8, 4) is 0 Å². The third kappa shape index (κ3) is 3.44. The monoisotopic (exact) mass is 448 g/mol. The molecule has 8 heteroatoms. The van der Waals surface area contributed by atoms with E-state index in [0.717, 1.165) is 48.1 Å². The first kappa shape index (κ1) is 20.6. The summed E-state index contributed by atoms with van der Waals surface area (Å²) >= 11 is 1.31. The fourth-order valence-electron chi connectivity index (χ4n) is 4.36. The van der Waals surface area contributed by atoms with Gasteiger partial charge in [-0.3, -0.25) is 14.9 Å². The van der Waals surface area contributed by atoms with Gasteiger partial charge in [0.05, 0.1) is 20.5 Å². The number of hydrogen-bond acceptors (Lipinski definition) is 6. The molecular formula is C24H24N4O3S. The number of hydrogen-bond donors (Lipinski definition) is 0. The maximum atomic E-state index is 13.1. The van der Waals surface area contributed by atoms with E-state index in [1.165, 1.54) is 11.3 Å². The van der Waals surface area contributed by atoms with Gasteiger partial charge >= 0.3 is 0 Å². The normalized spacial score (nSPS) is 15.8. The van der Waals surface area contributed by atoms with Gasteiger partial charge in [-0.15, -0.1) is 0 Å². The van der Waals surface area contributed by atoms with Crippen molar-refractivity contribution in [1.29, 1.82) is 0 Å². The molecule has 0 bridgehead atoms. The van der Waals surface area contributed by atoms with E-state index in [-0.39, 0.29) is 16.2 Å². The highest BCUT2D eigenvalue weighted by Gasteiger charge is 2.23. The van der Waals surface area contributed by atoms with Gasteiger partial charge in [0.1, 0.15) is 5.69 Å². The number of aryl methyl sites for hydroxylation is 2. The molecule has 1 aliphatic heterocycles. The molecule has 1 fully saturated rings. The maximum absolute atomic E-state index is 13.1. The van der Waals surface area contributed by atoms with E-state index in [1.54, 1.807) is 16.5 Å². The Bertz CT molecular complexity index is 1480. The SMILES string of the molecule is Cc1cc2nc3s/c(=C\c4ccc(N5CCC(C)CC5)c([N+](=O)[O-])c4)c(=O)n3c2cc1C. The highest BCUT2D eigenvalue weighted by molar-refractivity contribution is 7.15. The largest absolute Gasteiger partial charge is 0.366 e. The van der Waals surface area contributed by atoms with E-state index in [4.69, 9.17) is 0 Å². The van der Waals surface area contributed by atoms with Gasteiger partial charge in [0, 0.05) is 19.2 Å². The van der Waals surface area contributed by atoms with Crippen LogP contribution in [0.3, 0.4) is 0 Å². The number of nitro benzene ring substituents is 1. The number of benzene rings is 2. The van der Waals surface area contributed by atoms with Crippen LogP contribution in [0.2, 0.25) is 0 Å². The molecule has 0 radical (unpaired) electrons. The summed E-state index contributed by atoms with van der Waals surface area (Å²) in [5.41, 5.74) is 5.07. The number of nitrogens with zero attached hydrogens (tertiary/aromatic N) is 4. The average Bonchev–Trinajstić information content (AvgIpc) is 3.25. The summed E-state index contributed by atoms with van der Waals surface area (Å²) in [7, 11) is 0. The first-order valence-corrected chi connectivity index (χ1v) is 11.6. The van der Waals surface area contributed by atoms with Crippen LogP contribution in [0.4, 0.5) is 11.4 Å². The van der Waals surface area contributed by atoms with E-state index in [2.05, 4.69) is 16.8 Å². The minimum atomic E-state index is -0.331. The lowest BCUT2D eigenvalue weighted by molar-refractivity contribution is -0.384. The molecule has 2 aromatic heterocycles. The lowest BCUT2D eigenvalue weighted by Crippen LogP contribution is -2.33. The molecule has 0 N–H and O–H groups in total. The molecule has 0 aliphatic carbocycles. The molecular weight excluding hydrogens is 424 g/mol. The van der Waals surface area contributed by atoms with E-state index in [1.807, 2.05) is 38.1 Å². The fourth-order valence-corrected chi connectivity index (χ4v) is 5.35. The number of imidazole rings is 1. The summed E-state index contributed by atoms with van der Waals surface area (Å²) in [6.07, 6.45) is 3.79. The van der Waals surface area contributed by atoms with Crippen molar-refractivity contribution in [3.63, 3.8) is 0 Å². The molecule has 32 heavy (non-hydrogen) atoms. The van der Waals surface area contributed by atoms with Crippen LogP contribution in [-0.4, -0.2) is 27.4 Å². The van der Waals surface area contributed by atoms with Crippen LogP contribution in [0.25, 0.3) is 22.1 Å². The molecule has 4 aromatic rings. The Balaban J connectivity index is 1.59. The summed E-state index contributed by atoms with van der Waals surface area (Å²) in [4.78, 5) is 31.9. The highest BCUT2D eigenvalue weighted by Crippen LogP contribution is 2.32. The van der Waals surface area contributed by atoms with Crippen LogP contribution in [0.5, 0.6) is 0 Å². The van der Waals surface area contributed by atoms with Gasteiger partial charge in [0.2, 0.25) is 0 Å². The molecule has 0 spiro atoms. The van der Waals surface area contributed by atoms with Gasteiger partial charge in [-0.2, -0.15) is 0 Å². The number of fused-ring (bicyclic) bond motifs is 3. The van der Waals surface area contributed by atoms with Crippen LogP contribution >= 0.6 is 11.3 Å². The predicted molar refractivity (Wildman–Crippen MR) is 129 cm³/mol. The Morgan fingerprint density at radius 1 is 1.16 bits per heavy atom. The Morgan fingerprint density at radius 3 is 2.59 bits per heavy atom. The minimum absolute atomic E-state index is 0.0821. The van der Waals surface area contributed by atoms with E-state index in [9.17, 15) is 14.9 Å². The Morgan fingerprint density at radius 2 is 1.88 bits per heavy atom. The standard InChI is InChI=1S/C24H24N4O3S/c1-14-6-8-26(9-7-14)19-5-4-17(12-21(19)28(30)31)13-22-23(29)27-20-11-16(3)15(2)10-18(20)25-24(27)32-22/h4-5,10-14H,6-9H2,1-3H3/b22-13-. The van der Waals surface area contributed by atoms with Crippen LogP contribution in [0.15, 0.2) is 35.1 Å². The Kier molecular flexibility index (Phi) is 4.97. The number of thiazole rings is 1. The highest BCUT2D eigenvalue weighted by atomic mass is 32.1. The number of nitro groups is 1. The summed E-state index contributed by atoms with van der Waals surface area (Å²) < 4.78 is 2.15. The molecule has 5 rings (SSSR count). The lowest BCUT2D eigenvalue weighted by Gasteiger charge is -2.31. The molecule has 3 heterocycles. The summed E-state index contributed by atoms with van der Waals surface area (Å²) in [5.74, 6) is 0.648. The molecule has 7 nitrogen and oxygen atoms in total. The second kappa shape index (κ2) is 7.70. The molecule has 0 atom stereocenters. The van der Waals surface area contributed by atoms with Crippen LogP contribution in [0.1, 0.15) is 36.5 Å². The number of rotatable bonds is 3. The van der Waals surface area contributed by atoms with Crippen molar-refractivity contribution < 1.29 is 4.92 Å². The Labute approximate surface area is 188 Å². The topological polar surface area (TPSA) is 80.8 Å². The second-order valence-corrected chi connectivity index (χ2v) is 9.75. The van der Waals surface area contributed by atoms with Gasteiger partial charge in [-0.1, -0.05) is 24.3 Å². The van der Waals surface area contributed by atoms with Crippen LogP contribution in [0, 0.1) is 29.9 Å². The smallest absolute Gasteiger partial charge is 0.293 e. The van der Waals surface area contributed by atoms with Gasteiger partial charge in [0.15, 0.2) is 4.96 Å². The van der Waals surface area contributed by atoms with Crippen LogP contribution in [-0.2, 0) is 0 Å². The number of aromatic nitrogens is 2. The van der Waals surface area contributed by atoms with Crippen LogP contribution < -0.4 is 15.0 Å². The third-order valence-electron chi connectivity index (χ3n) is 6.47. The zero-order chi connectivity index (χ0) is 22.6. The van der Waals surface area contributed by atoms with E-state index >= 15 is 0 Å². The summed E-state index contributed by atoms with van der Waals surface area (Å²) in [6.45, 7) is 7.91. The summed E-state index contributed by atoms with van der Waals surface area (Å²) in [6, 6.07) is 9.22. The molecule has 0 saturated carbocycles.